The van der Waals surface area contributed by atoms with Gasteiger partial charge in [0, 0.05) is 30.5 Å². The minimum absolute atomic E-state index is 0.286. The maximum atomic E-state index is 4.13. The van der Waals surface area contributed by atoms with E-state index >= 15 is 0 Å². The number of nitrogens with zero attached hydrogens (tertiary/aromatic N) is 2. The summed E-state index contributed by atoms with van der Waals surface area (Å²) in [5, 5.41) is 7.62. The highest BCUT2D eigenvalue weighted by Gasteiger charge is 2.19. The summed E-state index contributed by atoms with van der Waals surface area (Å²) in [6.45, 7) is 13.4. The fraction of sp³-hybridized carbons (Fsp3) is 0.583. The van der Waals surface area contributed by atoms with Crippen LogP contribution < -0.4 is 5.32 Å². The van der Waals surface area contributed by atoms with Crippen LogP contribution in [0.2, 0.25) is 0 Å². The lowest BCUT2D eigenvalue weighted by molar-refractivity contribution is 0.285. The zero-order valence-corrected chi connectivity index (χ0v) is 10.1. The first kappa shape index (κ1) is 12.0. The lowest BCUT2D eigenvalue weighted by Gasteiger charge is -2.28. The van der Waals surface area contributed by atoms with E-state index in [1.54, 1.807) is 10.9 Å². The Labute approximate surface area is 92.2 Å². The zero-order chi connectivity index (χ0) is 11.5. The quantitative estimate of drug-likeness (QED) is 0.822. The summed E-state index contributed by atoms with van der Waals surface area (Å²) in [7, 11) is 0. The van der Waals surface area contributed by atoms with Gasteiger partial charge in [-0.05, 0) is 12.3 Å². The Hall–Kier alpha value is -1.09. The molecule has 1 N–H and O–H groups in total. The van der Waals surface area contributed by atoms with Crippen LogP contribution >= 0.6 is 0 Å². The average molecular weight is 207 g/mol. The van der Waals surface area contributed by atoms with E-state index in [-0.39, 0.29) is 5.41 Å². The number of rotatable bonds is 4. The SMILES string of the molecule is C=Cn1cc(CNC(C)C(C)(C)C)cn1. The Kier molecular flexibility index (Phi) is 3.69. The molecule has 0 amide bonds. The molecule has 0 aliphatic heterocycles. The van der Waals surface area contributed by atoms with Gasteiger partial charge in [0.05, 0.1) is 6.20 Å². The third-order valence-corrected chi connectivity index (χ3v) is 2.75. The van der Waals surface area contributed by atoms with Gasteiger partial charge < -0.3 is 5.32 Å². The second kappa shape index (κ2) is 4.62. The van der Waals surface area contributed by atoms with Gasteiger partial charge in [-0.3, -0.25) is 0 Å². The van der Waals surface area contributed by atoms with E-state index in [0.717, 1.165) is 6.54 Å². The van der Waals surface area contributed by atoms with Gasteiger partial charge in [0.15, 0.2) is 0 Å². The number of hydrogen-bond acceptors (Lipinski definition) is 2. The first-order valence-corrected chi connectivity index (χ1v) is 5.32. The number of hydrogen-bond donors (Lipinski definition) is 1. The molecule has 1 heterocycles. The van der Waals surface area contributed by atoms with Gasteiger partial charge in [0.1, 0.15) is 0 Å². The normalized spacial score (nSPS) is 13.9. The Morgan fingerprint density at radius 1 is 1.60 bits per heavy atom. The molecule has 84 valence electrons. The van der Waals surface area contributed by atoms with Gasteiger partial charge in [-0.1, -0.05) is 27.4 Å². The summed E-state index contributed by atoms with van der Waals surface area (Å²) in [5.41, 5.74) is 1.47. The number of nitrogens with one attached hydrogen (secondary N) is 1. The van der Waals surface area contributed by atoms with Crippen LogP contribution in [0.25, 0.3) is 6.20 Å². The second-order valence-electron chi connectivity index (χ2n) is 4.98. The molecular weight excluding hydrogens is 186 g/mol. The van der Waals surface area contributed by atoms with Crippen LogP contribution in [0.1, 0.15) is 33.3 Å². The van der Waals surface area contributed by atoms with Crippen molar-refractivity contribution < 1.29 is 0 Å². The summed E-state index contributed by atoms with van der Waals surface area (Å²) >= 11 is 0. The highest BCUT2D eigenvalue weighted by Crippen LogP contribution is 2.18. The van der Waals surface area contributed by atoms with Crippen molar-refractivity contribution in [1.82, 2.24) is 15.1 Å². The minimum atomic E-state index is 0.286. The van der Waals surface area contributed by atoms with Crippen LogP contribution in [0, 0.1) is 5.41 Å². The molecule has 0 saturated heterocycles. The van der Waals surface area contributed by atoms with E-state index in [4.69, 9.17) is 0 Å². The van der Waals surface area contributed by atoms with Gasteiger partial charge in [0.25, 0.3) is 0 Å². The van der Waals surface area contributed by atoms with Crippen molar-refractivity contribution in [3.05, 3.63) is 24.5 Å². The average Bonchev–Trinajstić information content (AvgIpc) is 2.60. The molecule has 0 saturated carbocycles. The molecule has 0 bridgehead atoms. The summed E-state index contributed by atoms with van der Waals surface area (Å²) in [6, 6.07) is 0.476. The smallest absolute Gasteiger partial charge is 0.0538 e. The van der Waals surface area contributed by atoms with Gasteiger partial charge in [0.2, 0.25) is 0 Å². The van der Waals surface area contributed by atoms with Crippen molar-refractivity contribution in [3.8, 4) is 0 Å². The highest BCUT2D eigenvalue weighted by atomic mass is 15.2. The first-order valence-electron chi connectivity index (χ1n) is 5.32. The maximum Gasteiger partial charge on any atom is 0.0538 e. The fourth-order valence-electron chi connectivity index (χ4n) is 1.15. The van der Waals surface area contributed by atoms with Gasteiger partial charge in [-0.2, -0.15) is 5.10 Å². The van der Waals surface area contributed by atoms with Crippen molar-refractivity contribution in [3.63, 3.8) is 0 Å². The largest absolute Gasteiger partial charge is 0.310 e. The molecule has 1 rings (SSSR count). The summed E-state index contributed by atoms with van der Waals surface area (Å²) in [4.78, 5) is 0. The molecule has 3 heteroatoms. The topological polar surface area (TPSA) is 29.9 Å². The molecule has 1 unspecified atom stereocenters. The molecule has 1 aromatic heterocycles. The molecule has 3 nitrogen and oxygen atoms in total. The predicted molar refractivity (Wildman–Crippen MR) is 64.4 cm³/mol. The summed E-state index contributed by atoms with van der Waals surface area (Å²) < 4.78 is 1.72. The molecule has 0 radical (unpaired) electrons. The molecule has 0 fully saturated rings. The standard InChI is InChI=1S/C12H21N3/c1-6-15-9-11(8-14-15)7-13-10(2)12(3,4)5/h6,8-10,13H,1,7H2,2-5H3. The Morgan fingerprint density at radius 3 is 2.73 bits per heavy atom. The van der Waals surface area contributed by atoms with E-state index in [1.807, 2.05) is 12.4 Å². The first-order chi connectivity index (χ1) is 6.93. The van der Waals surface area contributed by atoms with Crippen LogP contribution in [-0.4, -0.2) is 15.8 Å². The fourth-order valence-corrected chi connectivity index (χ4v) is 1.15. The molecule has 0 aliphatic carbocycles. The van der Waals surface area contributed by atoms with Gasteiger partial charge >= 0.3 is 0 Å². The van der Waals surface area contributed by atoms with Crippen molar-refractivity contribution in [2.24, 2.45) is 5.41 Å². The van der Waals surface area contributed by atoms with E-state index < -0.39 is 0 Å². The predicted octanol–water partition coefficient (Wildman–Crippen LogP) is 2.51. The van der Waals surface area contributed by atoms with Crippen molar-refractivity contribution >= 4 is 6.20 Å². The van der Waals surface area contributed by atoms with Gasteiger partial charge in [-0.15, -0.1) is 0 Å². The highest BCUT2D eigenvalue weighted by molar-refractivity contribution is 5.17. The third-order valence-electron chi connectivity index (χ3n) is 2.75. The van der Waals surface area contributed by atoms with E-state index in [9.17, 15) is 0 Å². The van der Waals surface area contributed by atoms with Gasteiger partial charge in [-0.25, -0.2) is 4.68 Å². The maximum absolute atomic E-state index is 4.13. The van der Waals surface area contributed by atoms with Crippen LogP contribution in [0.4, 0.5) is 0 Å². The van der Waals surface area contributed by atoms with E-state index in [1.165, 1.54) is 5.56 Å². The second-order valence-corrected chi connectivity index (χ2v) is 4.98. The Bertz CT molecular complexity index is 320. The van der Waals surface area contributed by atoms with Crippen molar-refractivity contribution in [2.45, 2.75) is 40.3 Å². The van der Waals surface area contributed by atoms with E-state index in [0.29, 0.717) is 6.04 Å². The lowest BCUT2D eigenvalue weighted by Crippen LogP contribution is -2.37. The van der Waals surface area contributed by atoms with Crippen LogP contribution in [-0.2, 0) is 6.54 Å². The Morgan fingerprint density at radius 2 is 2.27 bits per heavy atom. The molecule has 1 atom stereocenters. The Balaban J connectivity index is 2.47. The lowest BCUT2D eigenvalue weighted by atomic mass is 9.88. The summed E-state index contributed by atoms with van der Waals surface area (Å²) in [5.74, 6) is 0. The number of aromatic nitrogens is 2. The minimum Gasteiger partial charge on any atom is -0.310 e. The summed E-state index contributed by atoms with van der Waals surface area (Å²) in [6.07, 6.45) is 5.54. The zero-order valence-electron chi connectivity index (χ0n) is 10.1. The molecule has 0 aliphatic rings. The third kappa shape index (κ3) is 3.51. The van der Waals surface area contributed by atoms with Crippen LogP contribution in [0.5, 0.6) is 0 Å². The monoisotopic (exact) mass is 207 g/mol. The molecular formula is C12H21N3. The molecule has 0 aromatic carbocycles. The molecule has 0 spiro atoms. The van der Waals surface area contributed by atoms with E-state index in [2.05, 4.69) is 44.7 Å². The molecule has 1 aromatic rings. The van der Waals surface area contributed by atoms with Crippen LogP contribution in [0.15, 0.2) is 19.0 Å². The van der Waals surface area contributed by atoms with Crippen LogP contribution in [0.3, 0.4) is 0 Å². The van der Waals surface area contributed by atoms with Crippen molar-refractivity contribution in [2.75, 3.05) is 0 Å². The van der Waals surface area contributed by atoms with Crippen molar-refractivity contribution in [1.29, 1.82) is 0 Å². The molecule has 15 heavy (non-hydrogen) atoms.